The van der Waals surface area contributed by atoms with Gasteiger partial charge in [-0.3, -0.25) is 4.79 Å². The third kappa shape index (κ3) is 4.49. The van der Waals surface area contributed by atoms with Crippen molar-refractivity contribution < 1.29 is 9.53 Å². The van der Waals surface area contributed by atoms with Crippen LogP contribution in [0.15, 0.2) is 18.2 Å². The Morgan fingerprint density at radius 1 is 1.40 bits per heavy atom. The van der Waals surface area contributed by atoms with Crippen LogP contribution in [0, 0.1) is 6.92 Å². The molecule has 1 aromatic carbocycles. The maximum atomic E-state index is 10.2. The highest BCUT2D eigenvalue weighted by Crippen LogP contribution is 2.24. The number of amides is 1. The SMILES string of the molecule is CC.CCOc1cc(C)ccc1NC=O. The van der Waals surface area contributed by atoms with Crippen molar-refractivity contribution in [2.45, 2.75) is 27.7 Å². The van der Waals surface area contributed by atoms with Gasteiger partial charge in [0.05, 0.1) is 12.3 Å². The van der Waals surface area contributed by atoms with Crippen LogP contribution in [0.5, 0.6) is 5.75 Å². The lowest BCUT2D eigenvalue weighted by Crippen LogP contribution is -2.00. The van der Waals surface area contributed by atoms with Crippen molar-refractivity contribution in [2.75, 3.05) is 11.9 Å². The molecule has 3 heteroatoms. The largest absolute Gasteiger partial charge is 0.492 e. The third-order valence-corrected chi connectivity index (χ3v) is 1.65. The first-order valence-electron chi connectivity index (χ1n) is 5.21. The average Bonchev–Trinajstić information content (AvgIpc) is 2.26. The van der Waals surface area contributed by atoms with Crippen LogP contribution in [-0.4, -0.2) is 13.0 Å². The fourth-order valence-electron chi connectivity index (χ4n) is 1.09. The molecule has 15 heavy (non-hydrogen) atoms. The van der Waals surface area contributed by atoms with Crippen LogP contribution < -0.4 is 10.1 Å². The van der Waals surface area contributed by atoms with Gasteiger partial charge >= 0.3 is 0 Å². The Balaban J connectivity index is 0.000000921. The molecule has 0 unspecified atom stereocenters. The summed E-state index contributed by atoms with van der Waals surface area (Å²) in [6.45, 7) is 8.48. The summed E-state index contributed by atoms with van der Waals surface area (Å²) in [5.41, 5.74) is 1.82. The van der Waals surface area contributed by atoms with E-state index in [9.17, 15) is 4.79 Å². The number of benzene rings is 1. The lowest BCUT2D eigenvalue weighted by molar-refractivity contribution is -0.105. The van der Waals surface area contributed by atoms with Crippen molar-refractivity contribution in [2.24, 2.45) is 0 Å². The standard InChI is InChI=1S/C10H13NO2.C2H6/c1-3-13-10-6-8(2)4-5-9(10)11-7-12;1-2/h4-7H,3H2,1-2H3,(H,11,12);1-2H3. The molecule has 0 aliphatic rings. The second-order valence-electron chi connectivity index (χ2n) is 2.69. The highest BCUT2D eigenvalue weighted by Gasteiger charge is 2.01. The van der Waals surface area contributed by atoms with Crippen LogP contribution in [0.4, 0.5) is 5.69 Å². The molecule has 0 spiro atoms. The molecule has 0 aliphatic carbocycles. The van der Waals surface area contributed by atoms with Gasteiger partial charge in [-0.15, -0.1) is 0 Å². The topological polar surface area (TPSA) is 38.3 Å². The van der Waals surface area contributed by atoms with Gasteiger partial charge in [-0.05, 0) is 31.5 Å². The summed E-state index contributed by atoms with van der Waals surface area (Å²) in [7, 11) is 0. The summed E-state index contributed by atoms with van der Waals surface area (Å²) >= 11 is 0. The maximum Gasteiger partial charge on any atom is 0.211 e. The quantitative estimate of drug-likeness (QED) is 0.774. The smallest absolute Gasteiger partial charge is 0.211 e. The van der Waals surface area contributed by atoms with Gasteiger partial charge in [0.25, 0.3) is 0 Å². The summed E-state index contributed by atoms with van der Waals surface area (Å²) in [5.74, 6) is 0.717. The summed E-state index contributed by atoms with van der Waals surface area (Å²) in [6, 6.07) is 5.65. The van der Waals surface area contributed by atoms with Gasteiger partial charge in [0, 0.05) is 0 Å². The maximum absolute atomic E-state index is 10.2. The van der Waals surface area contributed by atoms with Crippen molar-refractivity contribution in [3.63, 3.8) is 0 Å². The molecule has 1 N–H and O–H groups in total. The Kier molecular flexibility index (Phi) is 7.06. The second-order valence-corrected chi connectivity index (χ2v) is 2.69. The molecule has 1 rings (SSSR count). The summed E-state index contributed by atoms with van der Waals surface area (Å²) < 4.78 is 5.35. The highest BCUT2D eigenvalue weighted by molar-refractivity contribution is 5.75. The zero-order valence-electron chi connectivity index (χ0n) is 9.83. The third-order valence-electron chi connectivity index (χ3n) is 1.65. The number of anilines is 1. The molecule has 1 aromatic rings. The van der Waals surface area contributed by atoms with Crippen molar-refractivity contribution in [1.29, 1.82) is 0 Å². The number of nitrogens with one attached hydrogen (secondary N) is 1. The van der Waals surface area contributed by atoms with Gasteiger partial charge in [-0.1, -0.05) is 19.9 Å². The Hall–Kier alpha value is -1.51. The van der Waals surface area contributed by atoms with Gasteiger partial charge in [0.2, 0.25) is 6.41 Å². The molecule has 0 aliphatic heterocycles. The molecule has 0 saturated heterocycles. The van der Waals surface area contributed by atoms with Gasteiger partial charge < -0.3 is 10.1 Å². The van der Waals surface area contributed by atoms with E-state index in [0.29, 0.717) is 18.7 Å². The highest BCUT2D eigenvalue weighted by atomic mass is 16.5. The lowest BCUT2D eigenvalue weighted by Gasteiger charge is -2.09. The van der Waals surface area contributed by atoms with Crippen LogP contribution in [0.3, 0.4) is 0 Å². The van der Waals surface area contributed by atoms with Crippen LogP contribution in [-0.2, 0) is 4.79 Å². The molecule has 0 saturated carbocycles. The van der Waals surface area contributed by atoms with E-state index in [1.807, 2.05) is 45.9 Å². The molecule has 84 valence electrons. The Bertz CT molecular complexity index is 298. The number of aryl methyl sites for hydroxylation is 1. The molecule has 1 amide bonds. The van der Waals surface area contributed by atoms with Gasteiger partial charge in [-0.25, -0.2) is 0 Å². The van der Waals surface area contributed by atoms with Crippen LogP contribution in [0.25, 0.3) is 0 Å². The summed E-state index contributed by atoms with van der Waals surface area (Å²) in [4.78, 5) is 10.2. The molecule has 0 aromatic heterocycles. The number of carbonyl (C=O) groups excluding carboxylic acids is 1. The number of hydrogen-bond donors (Lipinski definition) is 1. The second kappa shape index (κ2) is 7.85. The predicted molar refractivity (Wildman–Crippen MR) is 63.4 cm³/mol. The van der Waals surface area contributed by atoms with E-state index >= 15 is 0 Å². The molecule has 0 radical (unpaired) electrons. The molecule has 3 nitrogen and oxygen atoms in total. The first-order valence-corrected chi connectivity index (χ1v) is 5.21. The van der Waals surface area contributed by atoms with E-state index in [1.54, 1.807) is 0 Å². The first-order chi connectivity index (χ1) is 7.27. The number of ether oxygens (including phenoxy) is 1. The number of rotatable bonds is 4. The monoisotopic (exact) mass is 209 g/mol. The Morgan fingerprint density at radius 3 is 2.60 bits per heavy atom. The minimum Gasteiger partial charge on any atom is -0.492 e. The minimum absolute atomic E-state index is 0.594. The van der Waals surface area contributed by atoms with Crippen molar-refractivity contribution in [3.05, 3.63) is 23.8 Å². The average molecular weight is 209 g/mol. The zero-order valence-corrected chi connectivity index (χ0v) is 9.83. The molecule has 0 heterocycles. The van der Waals surface area contributed by atoms with E-state index < -0.39 is 0 Å². The lowest BCUT2D eigenvalue weighted by atomic mass is 10.2. The molecular weight excluding hydrogens is 190 g/mol. The van der Waals surface area contributed by atoms with E-state index in [4.69, 9.17) is 4.74 Å². The van der Waals surface area contributed by atoms with Crippen molar-refractivity contribution >= 4 is 12.1 Å². The van der Waals surface area contributed by atoms with Crippen molar-refractivity contribution in [1.82, 2.24) is 0 Å². The van der Waals surface area contributed by atoms with Crippen LogP contribution in [0.1, 0.15) is 26.3 Å². The zero-order chi connectivity index (χ0) is 11.7. The van der Waals surface area contributed by atoms with E-state index in [1.165, 1.54) is 0 Å². The first kappa shape index (κ1) is 13.5. The molecule has 0 atom stereocenters. The van der Waals surface area contributed by atoms with Gasteiger partial charge in [-0.2, -0.15) is 0 Å². The predicted octanol–water partition coefficient (Wildman–Crippen LogP) is 2.99. The summed E-state index contributed by atoms with van der Waals surface area (Å²) in [6.07, 6.45) is 0.646. The normalized spacial score (nSPS) is 8.53. The Labute approximate surface area is 91.5 Å². The van der Waals surface area contributed by atoms with E-state index in [0.717, 1.165) is 11.3 Å². The minimum atomic E-state index is 0.594. The van der Waals surface area contributed by atoms with Gasteiger partial charge in [0.1, 0.15) is 5.75 Å². The van der Waals surface area contributed by atoms with Crippen LogP contribution in [0.2, 0.25) is 0 Å². The Morgan fingerprint density at radius 2 is 2.07 bits per heavy atom. The molecule has 0 fully saturated rings. The van der Waals surface area contributed by atoms with Crippen LogP contribution >= 0.6 is 0 Å². The van der Waals surface area contributed by atoms with E-state index in [-0.39, 0.29) is 0 Å². The molecule has 0 bridgehead atoms. The number of hydrogen-bond acceptors (Lipinski definition) is 2. The fraction of sp³-hybridized carbons (Fsp3) is 0.417. The molecular formula is C12H19NO2. The fourth-order valence-corrected chi connectivity index (χ4v) is 1.09. The van der Waals surface area contributed by atoms with E-state index in [2.05, 4.69) is 5.32 Å². The number of carbonyl (C=O) groups is 1. The van der Waals surface area contributed by atoms with Crippen molar-refractivity contribution in [3.8, 4) is 5.75 Å². The summed E-state index contributed by atoms with van der Waals surface area (Å²) in [5, 5.41) is 2.58. The van der Waals surface area contributed by atoms with Gasteiger partial charge in [0.15, 0.2) is 0 Å².